The van der Waals surface area contributed by atoms with Crippen molar-refractivity contribution in [3.8, 4) is 5.75 Å². The summed E-state index contributed by atoms with van der Waals surface area (Å²) in [6.07, 6.45) is 2.18. The van der Waals surface area contributed by atoms with Crippen molar-refractivity contribution >= 4 is 22.6 Å². The normalized spacial score (nSPS) is 10.7. The van der Waals surface area contributed by atoms with Crippen molar-refractivity contribution < 1.29 is 19.6 Å². The Hall–Kier alpha value is -2.90. The van der Waals surface area contributed by atoms with E-state index in [9.17, 15) is 24.8 Å². The van der Waals surface area contributed by atoms with E-state index in [1.54, 1.807) is 0 Å². The Bertz CT molecular complexity index is 840. The number of nitrogens with one attached hydrogen (secondary N) is 1. The van der Waals surface area contributed by atoms with Gasteiger partial charge in [-0.1, -0.05) is 13.3 Å². The van der Waals surface area contributed by atoms with E-state index >= 15 is 0 Å². The van der Waals surface area contributed by atoms with Gasteiger partial charge in [0.15, 0.2) is 0 Å². The number of carbonyl (C=O) groups is 1. The second-order valence-corrected chi connectivity index (χ2v) is 5.05. The molecular weight excluding hydrogens is 304 g/mol. The zero-order valence-corrected chi connectivity index (χ0v) is 12.7. The predicted molar refractivity (Wildman–Crippen MR) is 83.3 cm³/mol. The zero-order chi connectivity index (χ0) is 17.1. The van der Waals surface area contributed by atoms with Crippen LogP contribution in [0.4, 0.5) is 5.69 Å². The van der Waals surface area contributed by atoms with Crippen LogP contribution in [0, 0.1) is 10.1 Å². The molecule has 122 valence electrons. The molecule has 0 aliphatic heterocycles. The highest BCUT2D eigenvalue weighted by atomic mass is 16.6. The van der Waals surface area contributed by atoms with E-state index in [0.717, 1.165) is 20.0 Å². The SMILES string of the molecule is CCCCc1cc(=O)[nH]c2c(C(=O)O)c(OC)c([N+](=O)[O-])cc12. The summed E-state index contributed by atoms with van der Waals surface area (Å²) in [5.41, 5.74) is -0.686. The van der Waals surface area contributed by atoms with E-state index in [0.29, 0.717) is 17.4 Å². The molecule has 0 bridgehead atoms. The van der Waals surface area contributed by atoms with Crippen LogP contribution in [0.15, 0.2) is 16.9 Å². The Labute approximate surface area is 130 Å². The van der Waals surface area contributed by atoms with Crippen LogP contribution in [0.5, 0.6) is 5.75 Å². The van der Waals surface area contributed by atoms with Crippen molar-refractivity contribution in [2.24, 2.45) is 0 Å². The van der Waals surface area contributed by atoms with Gasteiger partial charge in [-0.3, -0.25) is 14.9 Å². The van der Waals surface area contributed by atoms with E-state index in [-0.39, 0.29) is 11.3 Å². The molecular formula is C15H16N2O6. The summed E-state index contributed by atoms with van der Waals surface area (Å²) >= 11 is 0. The van der Waals surface area contributed by atoms with Gasteiger partial charge in [0.05, 0.1) is 17.5 Å². The molecule has 0 saturated heterocycles. The number of benzene rings is 1. The minimum atomic E-state index is -1.40. The maximum atomic E-state index is 11.8. The molecule has 0 aliphatic carbocycles. The summed E-state index contributed by atoms with van der Waals surface area (Å²) in [6, 6.07) is 2.60. The molecule has 8 nitrogen and oxygen atoms in total. The number of hydrogen-bond donors (Lipinski definition) is 2. The standard InChI is InChI=1S/C15H16N2O6/c1-3-4-5-8-6-11(18)16-13-9(8)7-10(17(21)22)14(23-2)12(13)15(19)20/h6-7H,3-5H2,1-2H3,(H,16,18)(H,19,20). The fourth-order valence-corrected chi connectivity index (χ4v) is 2.55. The topological polar surface area (TPSA) is 123 Å². The summed E-state index contributed by atoms with van der Waals surface area (Å²) < 4.78 is 4.92. The molecule has 0 amide bonds. The third-order valence-corrected chi connectivity index (χ3v) is 3.57. The number of methoxy groups -OCH3 is 1. The van der Waals surface area contributed by atoms with Gasteiger partial charge in [0.25, 0.3) is 0 Å². The van der Waals surface area contributed by atoms with Gasteiger partial charge in [-0.15, -0.1) is 0 Å². The highest BCUT2D eigenvalue weighted by molar-refractivity contribution is 6.07. The Balaban J connectivity index is 2.96. The molecule has 23 heavy (non-hydrogen) atoms. The van der Waals surface area contributed by atoms with Crippen LogP contribution in [-0.2, 0) is 6.42 Å². The van der Waals surface area contributed by atoms with Crippen LogP contribution in [0.3, 0.4) is 0 Å². The number of carboxylic acid groups (broad SMARTS) is 1. The van der Waals surface area contributed by atoms with Crippen LogP contribution in [0.25, 0.3) is 10.9 Å². The molecule has 8 heteroatoms. The number of aryl methyl sites for hydroxylation is 1. The van der Waals surface area contributed by atoms with Gasteiger partial charge in [0, 0.05) is 17.5 Å². The lowest BCUT2D eigenvalue weighted by atomic mass is 9.99. The lowest BCUT2D eigenvalue weighted by Crippen LogP contribution is -2.12. The van der Waals surface area contributed by atoms with E-state index in [1.807, 2.05) is 6.92 Å². The number of aromatic carboxylic acids is 1. The zero-order valence-electron chi connectivity index (χ0n) is 12.7. The van der Waals surface area contributed by atoms with Gasteiger partial charge in [-0.05, 0) is 18.4 Å². The summed E-state index contributed by atoms with van der Waals surface area (Å²) in [7, 11) is 1.15. The van der Waals surface area contributed by atoms with E-state index in [2.05, 4.69) is 4.98 Å². The van der Waals surface area contributed by atoms with Crippen molar-refractivity contribution in [2.75, 3.05) is 7.11 Å². The largest absolute Gasteiger partial charge is 0.489 e. The van der Waals surface area contributed by atoms with Crippen LogP contribution < -0.4 is 10.3 Å². The number of pyridine rings is 1. The first-order chi connectivity index (χ1) is 10.9. The number of nitro groups is 1. The van der Waals surface area contributed by atoms with Crippen molar-refractivity contribution in [1.82, 2.24) is 4.98 Å². The third-order valence-electron chi connectivity index (χ3n) is 3.57. The van der Waals surface area contributed by atoms with Crippen LogP contribution in [-0.4, -0.2) is 28.1 Å². The minimum Gasteiger partial charge on any atom is -0.489 e. The monoisotopic (exact) mass is 320 g/mol. The molecule has 0 unspecified atom stereocenters. The maximum Gasteiger partial charge on any atom is 0.341 e. The quantitative estimate of drug-likeness (QED) is 0.622. The Morgan fingerprint density at radius 1 is 1.43 bits per heavy atom. The average molecular weight is 320 g/mol. The number of unbranched alkanes of at least 4 members (excludes halogenated alkanes) is 1. The Morgan fingerprint density at radius 3 is 2.65 bits per heavy atom. The first-order valence-electron chi connectivity index (χ1n) is 7.05. The predicted octanol–water partition coefficient (Wildman–Crippen LogP) is 2.49. The van der Waals surface area contributed by atoms with E-state index in [4.69, 9.17) is 4.74 Å². The first-order valence-corrected chi connectivity index (χ1v) is 7.05. The van der Waals surface area contributed by atoms with Crippen molar-refractivity contribution in [3.63, 3.8) is 0 Å². The molecule has 1 aromatic heterocycles. The van der Waals surface area contributed by atoms with Gasteiger partial charge in [0.2, 0.25) is 11.3 Å². The molecule has 2 rings (SSSR count). The lowest BCUT2D eigenvalue weighted by molar-refractivity contribution is -0.385. The summed E-state index contributed by atoms with van der Waals surface area (Å²) in [6.45, 7) is 1.98. The fraction of sp³-hybridized carbons (Fsp3) is 0.333. The van der Waals surface area contributed by atoms with Gasteiger partial charge in [-0.2, -0.15) is 0 Å². The molecule has 2 aromatic rings. The molecule has 1 aromatic carbocycles. The number of H-pyrrole nitrogens is 1. The molecule has 0 atom stereocenters. The highest BCUT2D eigenvalue weighted by Gasteiger charge is 2.27. The third kappa shape index (κ3) is 3.01. The van der Waals surface area contributed by atoms with Crippen molar-refractivity contribution in [1.29, 1.82) is 0 Å². The molecule has 0 aliphatic rings. The number of aromatic amines is 1. The molecule has 0 saturated carbocycles. The smallest absolute Gasteiger partial charge is 0.341 e. The number of nitro benzene ring substituents is 1. The molecule has 2 N–H and O–H groups in total. The number of aromatic nitrogens is 1. The number of fused-ring (bicyclic) bond motifs is 1. The maximum absolute atomic E-state index is 11.8. The van der Waals surface area contributed by atoms with Gasteiger partial charge < -0.3 is 14.8 Å². The number of nitrogens with zero attached hydrogens (tertiary/aromatic N) is 1. The fourth-order valence-electron chi connectivity index (χ4n) is 2.55. The number of rotatable bonds is 6. The van der Waals surface area contributed by atoms with E-state index < -0.39 is 27.7 Å². The molecule has 0 radical (unpaired) electrons. The highest BCUT2D eigenvalue weighted by Crippen LogP contribution is 2.37. The van der Waals surface area contributed by atoms with Gasteiger partial charge in [-0.25, -0.2) is 4.79 Å². The van der Waals surface area contributed by atoms with Crippen LogP contribution >= 0.6 is 0 Å². The summed E-state index contributed by atoms with van der Waals surface area (Å²) in [4.78, 5) is 36.4. The van der Waals surface area contributed by atoms with Crippen molar-refractivity contribution in [3.05, 3.63) is 43.7 Å². The van der Waals surface area contributed by atoms with Gasteiger partial charge >= 0.3 is 11.7 Å². The second kappa shape index (κ2) is 6.47. The van der Waals surface area contributed by atoms with Gasteiger partial charge in [0.1, 0.15) is 5.56 Å². The van der Waals surface area contributed by atoms with E-state index in [1.165, 1.54) is 12.1 Å². The van der Waals surface area contributed by atoms with Crippen LogP contribution in [0.2, 0.25) is 0 Å². The number of ether oxygens (including phenoxy) is 1. The number of hydrogen-bond acceptors (Lipinski definition) is 5. The molecule has 0 fully saturated rings. The number of carboxylic acids is 1. The Morgan fingerprint density at radius 2 is 2.13 bits per heavy atom. The summed E-state index contributed by atoms with van der Waals surface area (Å²) in [5, 5.41) is 21.0. The lowest BCUT2D eigenvalue weighted by Gasteiger charge is -2.12. The summed E-state index contributed by atoms with van der Waals surface area (Å²) in [5.74, 6) is -1.78. The van der Waals surface area contributed by atoms with Crippen LogP contribution in [0.1, 0.15) is 35.7 Å². The average Bonchev–Trinajstić information content (AvgIpc) is 2.49. The first kappa shape index (κ1) is 16.5. The van der Waals surface area contributed by atoms with Crippen molar-refractivity contribution in [2.45, 2.75) is 26.2 Å². The Kier molecular flexibility index (Phi) is 4.63. The molecule has 0 spiro atoms. The second-order valence-electron chi connectivity index (χ2n) is 5.05. The molecule has 1 heterocycles. The minimum absolute atomic E-state index is 0.0403.